The number of nitro groups is 1. The molecule has 1 unspecified atom stereocenters. The summed E-state index contributed by atoms with van der Waals surface area (Å²) in [6, 6.07) is 14.5. The Morgan fingerprint density at radius 2 is 1.85 bits per heavy atom. The van der Waals surface area contributed by atoms with Gasteiger partial charge in [0, 0.05) is 30.3 Å². The molecule has 0 saturated heterocycles. The standard InChI is InChI=1S/C24H21N5O5/c1-14-9-10-19(20(11-14)29(32)33)26-23(30)21(16-7-5-4-6-8-16)34-24(31)17-12-18-15(2)27-28(3)22(18)25-13-17/h4-13,21H,1-3H3,(H,26,30). The molecule has 172 valence electrons. The molecule has 0 fully saturated rings. The van der Waals surface area contributed by atoms with E-state index in [0.29, 0.717) is 27.9 Å². The summed E-state index contributed by atoms with van der Waals surface area (Å²) in [4.78, 5) is 41.3. The van der Waals surface area contributed by atoms with Gasteiger partial charge >= 0.3 is 5.97 Å². The summed E-state index contributed by atoms with van der Waals surface area (Å²) in [7, 11) is 1.75. The number of esters is 1. The smallest absolute Gasteiger partial charge is 0.340 e. The van der Waals surface area contributed by atoms with Crippen molar-refractivity contribution in [3.63, 3.8) is 0 Å². The molecule has 0 aliphatic carbocycles. The van der Waals surface area contributed by atoms with Crippen LogP contribution in [0.15, 0.2) is 60.8 Å². The molecular formula is C24H21N5O5. The van der Waals surface area contributed by atoms with E-state index in [2.05, 4.69) is 15.4 Å². The first-order valence-electron chi connectivity index (χ1n) is 10.4. The van der Waals surface area contributed by atoms with Gasteiger partial charge in [-0.05, 0) is 31.5 Å². The molecule has 10 nitrogen and oxygen atoms in total. The molecule has 1 amide bonds. The van der Waals surface area contributed by atoms with Gasteiger partial charge in [-0.2, -0.15) is 5.10 Å². The lowest BCUT2D eigenvalue weighted by Gasteiger charge is -2.18. The first-order valence-corrected chi connectivity index (χ1v) is 10.4. The van der Waals surface area contributed by atoms with Gasteiger partial charge in [0.05, 0.1) is 16.2 Å². The topological polar surface area (TPSA) is 129 Å². The predicted octanol–water partition coefficient (Wildman–Crippen LogP) is 4.03. The highest BCUT2D eigenvalue weighted by Gasteiger charge is 2.28. The number of nitrogens with zero attached hydrogens (tertiary/aromatic N) is 4. The second-order valence-electron chi connectivity index (χ2n) is 7.77. The summed E-state index contributed by atoms with van der Waals surface area (Å²) in [6.45, 7) is 3.51. The van der Waals surface area contributed by atoms with Crippen LogP contribution in [0.3, 0.4) is 0 Å². The number of fused-ring (bicyclic) bond motifs is 1. The van der Waals surface area contributed by atoms with Crippen LogP contribution in [0.1, 0.15) is 33.3 Å². The van der Waals surface area contributed by atoms with Crippen LogP contribution in [-0.4, -0.2) is 31.6 Å². The monoisotopic (exact) mass is 459 g/mol. The molecule has 1 N–H and O–H groups in total. The highest BCUT2D eigenvalue weighted by molar-refractivity contribution is 6.00. The van der Waals surface area contributed by atoms with Crippen LogP contribution in [0.4, 0.5) is 11.4 Å². The van der Waals surface area contributed by atoms with Crippen molar-refractivity contribution in [3.8, 4) is 0 Å². The van der Waals surface area contributed by atoms with E-state index in [0.717, 1.165) is 0 Å². The lowest BCUT2D eigenvalue weighted by atomic mass is 10.1. The number of pyridine rings is 1. The number of aryl methyl sites for hydroxylation is 3. The van der Waals surface area contributed by atoms with Gasteiger partial charge in [0.1, 0.15) is 5.69 Å². The lowest BCUT2D eigenvalue weighted by molar-refractivity contribution is -0.384. The summed E-state index contributed by atoms with van der Waals surface area (Å²) in [5.41, 5.74) is 2.29. The Labute approximate surface area is 194 Å². The number of hydrogen-bond acceptors (Lipinski definition) is 7. The molecule has 0 bridgehead atoms. The van der Waals surface area contributed by atoms with Crippen LogP contribution >= 0.6 is 0 Å². The molecule has 2 heterocycles. The fourth-order valence-electron chi connectivity index (χ4n) is 3.59. The van der Waals surface area contributed by atoms with Gasteiger partial charge in [-0.25, -0.2) is 9.78 Å². The molecule has 0 aliphatic rings. The normalized spacial score (nSPS) is 11.7. The molecule has 2 aromatic carbocycles. The molecule has 1 atom stereocenters. The average molecular weight is 459 g/mol. The van der Waals surface area contributed by atoms with Crippen LogP contribution in [0, 0.1) is 24.0 Å². The number of carbonyl (C=O) groups is 2. The van der Waals surface area contributed by atoms with Crippen molar-refractivity contribution < 1.29 is 19.2 Å². The number of anilines is 1. The first kappa shape index (κ1) is 22.6. The number of ether oxygens (including phenoxy) is 1. The van der Waals surface area contributed by atoms with Crippen LogP contribution in [0.2, 0.25) is 0 Å². The zero-order valence-electron chi connectivity index (χ0n) is 18.7. The van der Waals surface area contributed by atoms with Crippen molar-refractivity contribution in [1.82, 2.24) is 14.8 Å². The van der Waals surface area contributed by atoms with E-state index in [1.165, 1.54) is 18.3 Å². The van der Waals surface area contributed by atoms with Crippen molar-refractivity contribution in [2.75, 3.05) is 5.32 Å². The minimum atomic E-state index is -1.35. The van der Waals surface area contributed by atoms with E-state index >= 15 is 0 Å². The minimum Gasteiger partial charge on any atom is -0.444 e. The van der Waals surface area contributed by atoms with Crippen molar-refractivity contribution in [1.29, 1.82) is 0 Å². The summed E-state index contributed by atoms with van der Waals surface area (Å²) in [5.74, 6) is -1.49. The number of nitro benzene ring substituents is 1. The van der Waals surface area contributed by atoms with Crippen LogP contribution in [-0.2, 0) is 16.6 Å². The minimum absolute atomic E-state index is 0.00616. The summed E-state index contributed by atoms with van der Waals surface area (Å²) in [6.07, 6.45) is 0.0108. The van der Waals surface area contributed by atoms with E-state index in [1.54, 1.807) is 68.0 Å². The fourth-order valence-corrected chi connectivity index (χ4v) is 3.59. The van der Waals surface area contributed by atoms with Crippen LogP contribution in [0.25, 0.3) is 11.0 Å². The van der Waals surface area contributed by atoms with Gasteiger partial charge in [-0.15, -0.1) is 0 Å². The fraction of sp³-hybridized carbons (Fsp3) is 0.167. The van der Waals surface area contributed by atoms with Crippen molar-refractivity contribution in [3.05, 3.63) is 93.3 Å². The van der Waals surface area contributed by atoms with Crippen molar-refractivity contribution >= 4 is 34.3 Å². The molecule has 0 spiro atoms. The Bertz CT molecular complexity index is 1410. The SMILES string of the molecule is Cc1ccc(NC(=O)C(OC(=O)c2cnc3c(c2)c(C)nn3C)c2ccccc2)c([N+](=O)[O-])c1. The zero-order chi connectivity index (χ0) is 24.4. The van der Waals surface area contributed by atoms with Gasteiger partial charge in [-0.3, -0.25) is 19.6 Å². The van der Waals surface area contributed by atoms with E-state index in [9.17, 15) is 19.7 Å². The van der Waals surface area contributed by atoms with E-state index < -0.39 is 22.9 Å². The Hall–Kier alpha value is -4.60. The number of nitrogens with one attached hydrogen (secondary N) is 1. The van der Waals surface area contributed by atoms with E-state index in [4.69, 9.17) is 4.74 Å². The van der Waals surface area contributed by atoms with Gasteiger partial charge in [-0.1, -0.05) is 36.4 Å². The molecule has 4 rings (SSSR count). The van der Waals surface area contributed by atoms with Gasteiger partial charge in [0.2, 0.25) is 6.10 Å². The van der Waals surface area contributed by atoms with Gasteiger partial charge in [0.25, 0.3) is 11.6 Å². The highest BCUT2D eigenvalue weighted by atomic mass is 16.6. The summed E-state index contributed by atoms with van der Waals surface area (Å²) >= 11 is 0. The van der Waals surface area contributed by atoms with Crippen molar-refractivity contribution in [2.24, 2.45) is 7.05 Å². The Kier molecular flexibility index (Phi) is 6.05. The Morgan fingerprint density at radius 3 is 2.56 bits per heavy atom. The third kappa shape index (κ3) is 4.46. The van der Waals surface area contributed by atoms with Crippen LogP contribution in [0.5, 0.6) is 0 Å². The molecule has 10 heteroatoms. The summed E-state index contributed by atoms with van der Waals surface area (Å²) < 4.78 is 7.19. The molecule has 0 saturated carbocycles. The third-order valence-electron chi connectivity index (χ3n) is 5.27. The molecule has 4 aromatic rings. The number of hydrogen-bond donors (Lipinski definition) is 1. The predicted molar refractivity (Wildman–Crippen MR) is 124 cm³/mol. The van der Waals surface area contributed by atoms with Gasteiger partial charge in [0.15, 0.2) is 5.65 Å². The van der Waals surface area contributed by atoms with Gasteiger partial charge < -0.3 is 10.1 Å². The lowest BCUT2D eigenvalue weighted by Crippen LogP contribution is -2.26. The highest BCUT2D eigenvalue weighted by Crippen LogP contribution is 2.28. The number of benzene rings is 2. The Balaban J connectivity index is 1.65. The quantitative estimate of drug-likeness (QED) is 0.262. The number of amides is 1. The maximum atomic E-state index is 13.2. The maximum absolute atomic E-state index is 13.2. The van der Waals surface area contributed by atoms with E-state index in [-0.39, 0.29) is 16.9 Å². The molecule has 34 heavy (non-hydrogen) atoms. The zero-order valence-corrected chi connectivity index (χ0v) is 18.7. The molecule has 0 aliphatic heterocycles. The molecule has 0 radical (unpaired) electrons. The maximum Gasteiger partial charge on any atom is 0.340 e. The second-order valence-corrected chi connectivity index (χ2v) is 7.77. The Morgan fingerprint density at radius 1 is 1.12 bits per heavy atom. The second kappa shape index (κ2) is 9.10. The summed E-state index contributed by atoms with van der Waals surface area (Å²) in [5, 5.41) is 19.0. The number of aromatic nitrogens is 3. The number of carbonyl (C=O) groups excluding carboxylic acids is 2. The van der Waals surface area contributed by atoms with Crippen molar-refractivity contribution in [2.45, 2.75) is 20.0 Å². The van der Waals surface area contributed by atoms with Crippen LogP contribution < -0.4 is 5.32 Å². The molecule has 2 aromatic heterocycles. The number of rotatable bonds is 6. The first-order chi connectivity index (χ1) is 16.2. The van der Waals surface area contributed by atoms with E-state index in [1.807, 2.05) is 0 Å². The molecular weight excluding hydrogens is 438 g/mol. The third-order valence-corrected chi connectivity index (χ3v) is 5.27. The largest absolute Gasteiger partial charge is 0.444 e. The average Bonchev–Trinajstić information content (AvgIpc) is 3.11.